The summed E-state index contributed by atoms with van der Waals surface area (Å²) in [6.07, 6.45) is 0.540. The molecule has 5 nitrogen and oxygen atoms in total. The Morgan fingerprint density at radius 1 is 1.04 bits per heavy atom. The van der Waals surface area contributed by atoms with E-state index in [9.17, 15) is 9.59 Å². The third kappa shape index (κ3) is 4.99. The average Bonchev–Trinajstić information content (AvgIpc) is 2.56. The van der Waals surface area contributed by atoms with Crippen LogP contribution < -0.4 is 16.4 Å². The second-order valence-electron chi connectivity index (χ2n) is 5.50. The van der Waals surface area contributed by atoms with Crippen molar-refractivity contribution in [2.75, 3.05) is 0 Å². The predicted octanol–water partition coefficient (Wildman–Crippen LogP) is 2.80. The third-order valence-electron chi connectivity index (χ3n) is 3.65. The van der Waals surface area contributed by atoms with E-state index in [1.165, 1.54) is 0 Å². The van der Waals surface area contributed by atoms with Gasteiger partial charge in [0.25, 0.3) is 0 Å². The van der Waals surface area contributed by atoms with Gasteiger partial charge < -0.3 is 16.4 Å². The van der Waals surface area contributed by atoms with Crippen molar-refractivity contribution in [3.63, 3.8) is 0 Å². The number of amides is 3. The van der Waals surface area contributed by atoms with E-state index in [4.69, 9.17) is 17.3 Å². The van der Waals surface area contributed by atoms with Crippen LogP contribution in [0.4, 0.5) is 4.79 Å². The molecule has 0 bridgehead atoms. The fourth-order valence-corrected chi connectivity index (χ4v) is 2.61. The zero-order valence-corrected chi connectivity index (χ0v) is 14.1. The minimum absolute atomic E-state index is 0.268. The lowest BCUT2D eigenvalue weighted by Gasteiger charge is -2.22. The molecular weight excluding hydrogens is 326 g/mol. The monoisotopic (exact) mass is 345 g/mol. The first-order valence-corrected chi connectivity index (χ1v) is 8.00. The number of carbonyl (C=O) groups excluding carboxylic acids is 2. The molecule has 0 aliphatic carbocycles. The van der Waals surface area contributed by atoms with Gasteiger partial charge in [-0.1, -0.05) is 60.1 Å². The van der Waals surface area contributed by atoms with Gasteiger partial charge in [-0.2, -0.15) is 0 Å². The maximum Gasteiger partial charge on any atom is 0.312 e. The summed E-state index contributed by atoms with van der Waals surface area (Å²) in [4.78, 5) is 23.2. The largest absolute Gasteiger partial charge is 0.352 e. The van der Waals surface area contributed by atoms with Gasteiger partial charge >= 0.3 is 6.03 Å². The summed E-state index contributed by atoms with van der Waals surface area (Å²) in [5.74, 6) is -0.310. The van der Waals surface area contributed by atoms with Gasteiger partial charge in [-0.3, -0.25) is 4.79 Å². The molecule has 0 spiro atoms. The molecule has 0 heterocycles. The molecule has 0 aliphatic heterocycles. The van der Waals surface area contributed by atoms with Gasteiger partial charge in [0.05, 0.1) is 6.04 Å². The quantitative estimate of drug-likeness (QED) is 0.752. The molecule has 3 amide bonds. The number of carbonyl (C=O) groups is 2. The zero-order chi connectivity index (χ0) is 17.5. The first kappa shape index (κ1) is 17.8. The summed E-state index contributed by atoms with van der Waals surface area (Å²) < 4.78 is 0. The van der Waals surface area contributed by atoms with E-state index in [1.54, 1.807) is 6.92 Å². The molecule has 0 aliphatic rings. The fraction of sp³-hybridized carbons (Fsp3) is 0.222. The molecule has 2 aromatic rings. The molecular formula is C18H20ClN3O2. The molecule has 24 heavy (non-hydrogen) atoms. The van der Waals surface area contributed by atoms with Crippen molar-refractivity contribution in [2.24, 2.45) is 5.73 Å². The van der Waals surface area contributed by atoms with Gasteiger partial charge in [0.2, 0.25) is 5.91 Å². The predicted molar refractivity (Wildman–Crippen MR) is 94.7 cm³/mol. The van der Waals surface area contributed by atoms with E-state index in [1.807, 2.05) is 54.6 Å². The lowest BCUT2D eigenvalue weighted by Crippen LogP contribution is -2.47. The van der Waals surface area contributed by atoms with Crippen LogP contribution in [0.5, 0.6) is 0 Å². The molecule has 0 saturated carbocycles. The Labute approximate surface area is 146 Å². The van der Waals surface area contributed by atoms with Crippen LogP contribution in [0.15, 0.2) is 54.6 Å². The van der Waals surface area contributed by atoms with Crippen LogP contribution in [0.25, 0.3) is 0 Å². The number of primary amides is 1. The molecule has 4 N–H and O–H groups in total. The highest BCUT2D eigenvalue weighted by Gasteiger charge is 2.20. The highest BCUT2D eigenvalue weighted by molar-refractivity contribution is 6.31. The first-order chi connectivity index (χ1) is 11.5. The van der Waals surface area contributed by atoms with Crippen molar-refractivity contribution >= 4 is 23.5 Å². The summed E-state index contributed by atoms with van der Waals surface area (Å²) in [6, 6.07) is 15.4. The number of hydrogen-bond donors (Lipinski definition) is 3. The maximum atomic E-state index is 12.3. The Bertz CT molecular complexity index is 706. The minimum Gasteiger partial charge on any atom is -0.352 e. The molecule has 0 radical (unpaired) electrons. The van der Waals surface area contributed by atoms with Gasteiger partial charge in [-0.05, 0) is 30.5 Å². The van der Waals surface area contributed by atoms with Gasteiger partial charge in [-0.15, -0.1) is 0 Å². The Hall–Kier alpha value is -2.53. The van der Waals surface area contributed by atoms with Gasteiger partial charge in [-0.25, -0.2) is 4.79 Å². The standard InChI is InChI=1S/C18H20ClN3O2/c1-12(21-18(20)24)17(23)22-16(13-7-3-2-4-8-13)11-14-9-5-6-10-15(14)19/h2-10,12,16H,11H2,1H3,(H,22,23)(H3,20,21,24). The van der Waals surface area contributed by atoms with Crippen LogP contribution >= 0.6 is 11.6 Å². The van der Waals surface area contributed by atoms with Gasteiger partial charge in [0, 0.05) is 5.02 Å². The van der Waals surface area contributed by atoms with E-state index in [2.05, 4.69) is 10.6 Å². The van der Waals surface area contributed by atoms with Gasteiger partial charge in [0.1, 0.15) is 6.04 Å². The summed E-state index contributed by atoms with van der Waals surface area (Å²) in [5, 5.41) is 5.97. The summed E-state index contributed by atoms with van der Waals surface area (Å²) in [7, 11) is 0. The molecule has 2 aromatic carbocycles. The van der Waals surface area contributed by atoms with Gasteiger partial charge in [0.15, 0.2) is 0 Å². The number of rotatable bonds is 6. The molecule has 2 atom stereocenters. The highest BCUT2D eigenvalue weighted by Crippen LogP contribution is 2.23. The van der Waals surface area contributed by atoms with Crippen LogP contribution in [-0.4, -0.2) is 18.0 Å². The smallest absolute Gasteiger partial charge is 0.312 e. The number of benzene rings is 2. The van der Waals surface area contributed by atoms with Crippen molar-refractivity contribution in [1.82, 2.24) is 10.6 Å². The first-order valence-electron chi connectivity index (χ1n) is 7.62. The van der Waals surface area contributed by atoms with E-state index in [0.717, 1.165) is 11.1 Å². The van der Waals surface area contributed by atoms with Crippen molar-refractivity contribution in [1.29, 1.82) is 0 Å². The summed E-state index contributed by atoms with van der Waals surface area (Å²) in [5.41, 5.74) is 6.96. The molecule has 2 rings (SSSR count). The average molecular weight is 346 g/mol. The van der Waals surface area contributed by atoms with Crippen molar-refractivity contribution < 1.29 is 9.59 Å². The molecule has 126 valence electrons. The van der Waals surface area contributed by atoms with Crippen LogP contribution in [0, 0.1) is 0 Å². The number of nitrogens with two attached hydrogens (primary N) is 1. The Morgan fingerprint density at radius 3 is 2.29 bits per heavy atom. The van der Waals surface area contributed by atoms with E-state index < -0.39 is 12.1 Å². The minimum atomic E-state index is -0.736. The number of hydrogen-bond acceptors (Lipinski definition) is 2. The zero-order valence-electron chi connectivity index (χ0n) is 13.3. The SMILES string of the molecule is CC(NC(N)=O)C(=O)NC(Cc1ccccc1Cl)c1ccccc1. The van der Waals surface area contributed by atoms with E-state index in [0.29, 0.717) is 11.4 Å². The number of urea groups is 1. The highest BCUT2D eigenvalue weighted by atomic mass is 35.5. The van der Waals surface area contributed by atoms with Crippen molar-refractivity contribution in [3.8, 4) is 0 Å². The lowest BCUT2D eigenvalue weighted by atomic mass is 9.98. The Balaban J connectivity index is 2.19. The van der Waals surface area contributed by atoms with Crippen LogP contribution in [0.1, 0.15) is 24.1 Å². The molecule has 0 saturated heterocycles. The summed E-state index contributed by atoms with van der Waals surface area (Å²) in [6.45, 7) is 1.58. The van der Waals surface area contributed by atoms with E-state index >= 15 is 0 Å². The number of nitrogens with one attached hydrogen (secondary N) is 2. The fourth-order valence-electron chi connectivity index (χ4n) is 2.40. The maximum absolute atomic E-state index is 12.3. The lowest BCUT2D eigenvalue weighted by molar-refractivity contribution is -0.123. The van der Waals surface area contributed by atoms with E-state index in [-0.39, 0.29) is 11.9 Å². The van der Waals surface area contributed by atoms with Crippen LogP contribution in [0.3, 0.4) is 0 Å². The summed E-state index contributed by atoms with van der Waals surface area (Å²) >= 11 is 6.24. The molecule has 6 heteroatoms. The Morgan fingerprint density at radius 2 is 1.67 bits per heavy atom. The normalized spacial score (nSPS) is 12.9. The van der Waals surface area contributed by atoms with Crippen molar-refractivity contribution in [3.05, 3.63) is 70.7 Å². The third-order valence-corrected chi connectivity index (χ3v) is 4.02. The topological polar surface area (TPSA) is 84.2 Å². The number of halogens is 1. The van der Waals surface area contributed by atoms with Crippen LogP contribution in [-0.2, 0) is 11.2 Å². The molecule has 0 aromatic heterocycles. The van der Waals surface area contributed by atoms with Crippen molar-refractivity contribution in [2.45, 2.75) is 25.4 Å². The van der Waals surface area contributed by atoms with Crippen LogP contribution in [0.2, 0.25) is 5.02 Å². The second kappa shape index (κ2) is 8.36. The second-order valence-corrected chi connectivity index (χ2v) is 5.90. The molecule has 0 fully saturated rings. The molecule has 2 unspecified atom stereocenters. The Kier molecular flexibility index (Phi) is 6.21.